The number of hydrogen-bond donors (Lipinski definition) is 2. The van der Waals surface area contributed by atoms with Crippen molar-refractivity contribution in [2.75, 3.05) is 51.6 Å². The first kappa shape index (κ1) is 25.6. The Morgan fingerprint density at radius 3 is 2.54 bits per heavy atom. The van der Waals surface area contributed by atoms with E-state index < -0.39 is 15.9 Å². The molecule has 1 atom stereocenters. The van der Waals surface area contributed by atoms with Crippen molar-refractivity contribution >= 4 is 51.1 Å². The summed E-state index contributed by atoms with van der Waals surface area (Å²) in [5.41, 5.74) is 0. The quantitative estimate of drug-likeness (QED) is 0.295. The van der Waals surface area contributed by atoms with Gasteiger partial charge in [0, 0.05) is 39.3 Å². The molecule has 2 N–H and O–H groups in total. The van der Waals surface area contributed by atoms with Crippen molar-refractivity contribution < 1.29 is 13.5 Å². The van der Waals surface area contributed by atoms with E-state index in [4.69, 9.17) is 0 Å². The van der Waals surface area contributed by atoms with Gasteiger partial charge in [0.05, 0.1) is 18.4 Å². The SMILES string of the molecule is CCNC(=NCC(O)CS(=O)(=O)c1cccs1)N1CCN(CC(C)C)CC1.I. The number of piperazine rings is 1. The normalized spacial score (nSPS) is 17.5. The summed E-state index contributed by atoms with van der Waals surface area (Å²) in [6.45, 7) is 12.1. The molecule has 0 saturated carbocycles. The minimum Gasteiger partial charge on any atom is -0.390 e. The number of nitrogens with one attached hydrogen (secondary N) is 1. The predicted octanol–water partition coefficient (Wildman–Crippen LogP) is 1.74. The monoisotopic (exact) mass is 544 g/mol. The van der Waals surface area contributed by atoms with Gasteiger partial charge >= 0.3 is 0 Å². The van der Waals surface area contributed by atoms with E-state index in [1.54, 1.807) is 17.5 Å². The van der Waals surface area contributed by atoms with Crippen LogP contribution in [0.25, 0.3) is 0 Å². The van der Waals surface area contributed by atoms with Crippen LogP contribution in [0.15, 0.2) is 26.7 Å². The molecular weight excluding hydrogens is 511 g/mol. The van der Waals surface area contributed by atoms with Gasteiger partial charge < -0.3 is 15.3 Å². The molecule has 1 fully saturated rings. The number of sulfone groups is 1. The minimum absolute atomic E-state index is 0. The summed E-state index contributed by atoms with van der Waals surface area (Å²) in [5, 5.41) is 15.2. The number of guanidine groups is 1. The number of nitrogens with zero attached hydrogens (tertiary/aromatic N) is 3. The number of aliphatic hydroxyl groups excluding tert-OH is 1. The summed E-state index contributed by atoms with van der Waals surface area (Å²) in [7, 11) is -3.46. The maximum atomic E-state index is 12.3. The molecule has 1 unspecified atom stereocenters. The lowest BCUT2D eigenvalue weighted by Crippen LogP contribution is -2.53. The van der Waals surface area contributed by atoms with E-state index in [1.165, 1.54) is 11.3 Å². The van der Waals surface area contributed by atoms with Crippen molar-refractivity contribution in [2.45, 2.75) is 31.1 Å². The molecule has 1 aliphatic rings. The van der Waals surface area contributed by atoms with Gasteiger partial charge in [-0.25, -0.2) is 8.42 Å². The number of aliphatic hydroxyl groups is 1. The molecular formula is C18H33IN4O3S2. The molecule has 0 spiro atoms. The Morgan fingerprint density at radius 2 is 2.00 bits per heavy atom. The molecule has 28 heavy (non-hydrogen) atoms. The Kier molecular flexibility index (Phi) is 11.3. The first-order chi connectivity index (χ1) is 12.8. The maximum Gasteiger partial charge on any atom is 0.194 e. The second-order valence-corrected chi connectivity index (χ2v) is 10.5. The lowest BCUT2D eigenvalue weighted by atomic mass is 10.2. The minimum atomic E-state index is -3.46. The average Bonchev–Trinajstić information content (AvgIpc) is 3.14. The van der Waals surface area contributed by atoms with Crippen LogP contribution in [-0.2, 0) is 9.84 Å². The maximum absolute atomic E-state index is 12.3. The summed E-state index contributed by atoms with van der Waals surface area (Å²) in [4.78, 5) is 9.12. The molecule has 10 heteroatoms. The molecule has 0 aliphatic carbocycles. The predicted molar refractivity (Wildman–Crippen MR) is 127 cm³/mol. The first-order valence-corrected chi connectivity index (χ1v) is 12.0. The highest BCUT2D eigenvalue weighted by Gasteiger charge is 2.22. The Morgan fingerprint density at radius 1 is 1.32 bits per heavy atom. The fourth-order valence-corrected chi connectivity index (χ4v) is 5.57. The number of aliphatic imine (C=N–C) groups is 1. The van der Waals surface area contributed by atoms with Gasteiger partial charge in [0.1, 0.15) is 4.21 Å². The van der Waals surface area contributed by atoms with Crippen LogP contribution in [0.4, 0.5) is 0 Å². The molecule has 0 radical (unpaired) electrons. The number of rotatable bonds is 8. The molecule has 1 saturated heterocycles. The Balaban J connectivity index is 0.00000392. The van der Waals surface area contributed by atoms with Gasteiger partial charge in [-0.3, -0.25) is 9.89 Å². The van der Waals surface area contributed by atoms with E-state index in [1.807, 2.05) is 6.92 Å². The smallest absolute Gasteiger partial charge is 0.194 e. The molecule has 7 nitrogen and oxygen atoms in total. The third kappa shape index (κ3) is 8.13. The van der Waals surface area contributed by atoms with Crippen LogP contribution in [0, 0.1) is 5.92 Å². The van der Waals surface area contributed by atoms with Crippen molar-refractivity contribution in [2.24, 2.45) is 10.9 Å². The van der Waals surface area contributed by atoms with Crippen LogP contribution in [-0.4, -0.2) is 87.0 Å². The Labute approximate surface area is 190 Å². The Bertz CT molecular complexity index is 688. The molecule has 1 aromatic heterocycles. The molecule has 162 valence electrons. The summed E-state index contributed by atoms with van der Waals surface area (Å²) in [5.74, 6) is 1.09. The van der Waals surface area contributed by atoms with Gasteiger partial charge in [-0.05, 0) is 24.3 Å². The standard InChI is InChI=1S/C18H32N4O3S2.HI/c1-4-19-18(22-9-7-21(8-10-22)13-15(2)3)20-12-16(23)14-27(24,25)17-6-5-11-26-17;/h5-6,11,15-16,23H,4,7-10,12-14H2,1-3H3,(H,19,20);1H. The fourth-order valence-electron chi connectivity index (χ4n) is 3.10. The summed E-state index contributed by atoms with van der Waals surface area (Å²) < 4.78 is 24.8. The fraction of sp³-hybridized carbons (Fsp3) is 0.722. The summed E-state index contributed by atoms with van der Waals surface area (Å²) in [6, 6.07) is 3.26. The van der Waals surface area contributed by atoms with Crippen molar-refractivity contribution in [3.63, 3.8) is 0 Å². The van der Waals surface area contributed by atoms with Gasteiger partial charge in [0.25, 0.3) is 0 Å². The summed E-state index contributed by atoms with van der Waals surface area (Å²) in [6.07, 6.45) is -1.02. The summed E-state index contributed by atoms with van der Waals surface area (Å²) >= 11 is 1.17. The van der Waals surface area contributed by atoms with E-state index in [0.717, 1.165) is 45.2 Å². The lowest BCUT2D eigenvalue weighted by Gasteiger charge is -2.37. The molecule has 2 rings (SSSR count). The van der Waals surface area contributed by atoms with Gasteiger partial charge in [0.2, 0.25) is 0 Å². The van der Waals surface area contributed by atoms with Crippen LogP contribution in [0.5, 0.6) is 0 Å². The number of thiophene rings is 1. The number of halogens is 1. The second-order valence-electron chi connectivity index (χ2n) is 7.24. The van der Waals surface area contributed by atoms with Crippen LogP contribution in [0.2, 0.25) is 0 Å². The van der Waals surface area contributed by atoms with Crippen molar-refractivity contribution in [1.82, 2.24) is 15.1 Å². The van der Waals surface area contributed by atoms with E-state index in [0.29, 0.717) is 10.1 Å². The molecule has 0 amide bonds. The second kappa shape index (κ2) is 12.3. The topological polar surface area (TPSA) is 85.2 Å². The molecule has 1 aliphatic heterocycles. The van der Waals surface area contributed by atoms with Crippen molar-refractivity contribution in [3.8, 4) is 0 Å². The molecule has 0 bridgehead atoms. The van der Waals surface area contributed by atoms with Gasteiger partial charge in [-0.1, -0.05) is 19.9 Å². The molecule has 0 aromatic carbocycles. The highest BCUT2D eigenvalue weighted by atomic mass is 127. The largest absolute Gasteiger partial charge is 0.390 e. The van der Waals surface area contributed by atoms with Crippen LogP contribution >= 0.6 is 35.3 Å². The van der Waals surface area contributed by atoms with Crippen LogP contribution < -0.4 is 5.32 Å². The van der Waals surface area contributed by atoms with E-state index in [9.17, 15) is 13.5 Å². The first-order valence-electron chi connectivity index (χ1n) is 9.51. The number of hydrogen-bond acceptors (Lipinski definition) is 6. The van der Waals surface area contributed by atoms with E-state index in [2.05, 4.69) is 34.0 Å². The molecule has 2 heterocycles. The lowest BCUT2D eigenvalue weighted by molar-refractivity contribution is 0.163. The van der Waals surface area contributed by atoms with E-state index in [-0.39, 0.29) is 36.3 Å². The third-order valence-corrected chi connectivity index (χ3v) is 7.58. The Hall–Kier alpha value is -0.430. The third-order valence-electron chi connectivity index (χ3n) is 4.30. The van der Waals surface area contributed by atoms with Crippen molar-refractivity contribution in [3.05, 3.63) is 17.5 Å². The molecule has 1 aromatic rings. The highest BCUT2D eigenvalue weighted by molar-refractivity contribution is 14.0. The average molecular weight is 545 g/mol. The zero-order valence-electron chi connectivity index (χ0n) is 16.9. The van der Waals surface area contributed by atoms with Gasteiger partial charge in [0.15, 0.2) is 15.8 Å². The zero-order valence-corrected chi connectivity index (χ0v) is 20.8. The van der Waals surface area contributed by atoms with Crippen molar-refractivity contribution in [1.29, 1.82) is 0 Å². The zero-order chi connectivity index (χ0) is 19.9. The van der Waals surface area contributed by atoms with E-state index >= 15 is 0 Å². The van der Waals surface area contributed by atoms with Gasteiger partial charge in [-0.2, -0.15) is 0 Å². The van der Waals surface area contributed by atoms with Crippen LogP contribution in [0.1, 0.15) is 20.8 Å². The highest BCUT2D eigenvalue weighted by Crippen LogP contribution is 2.18. The van der Waals surface area contributed by atoms with Crippen LogP contribution in [0.3, 0.4) is 0 Å². The van der Waals surface area contributed by atoms with Gasteiger partial charge in [-0.15, -0.1) is 35.3 Å².